The van der Waals surface area contributed by atoms with Gasteiger partial charge in [0.25, 0.3) is 0 Å². The SMILES string of the molecule is Clc1cc(Cl)c2c(c1)-c1c(nnn1Cc1ccccc1)CO2. The fourth-order valence-electron chi connectivity index (χ4n) is 2.63. The molecule has 0 aliphatic carbocycles. The molecule has 2 aromatic carbocycles. The number of fused-ring (bicyclic) bond motifs is 3. The minimum absolute atomic E-state index is 0.360. The fraction of sp³-hybridized carbons (Fsp3) is 0.125. The third-order valence-electron chi connectivity index (χ3n) is 3.60. The molecule has 4 nitrogen and oxygen atoms in total. The Bertz CT molecular complexity index is 846. The molecule has 0 saturated carbocycles. The first-order valence-electron chi connectivity index (χ1n) is 6.81. The summed E-state index contributed by atoms with van der Waals surface area (Å²) in [6.07, 6.45) is 0. The first kappa shape index (κ1) is 13.6. The fourth-order valence-corrected chi connectivity index (χ4v) is 3.18. The van der Waals surface area contributed by atoms with Gasteiger partial charge >= 0.3 is 0 Å². The quantitative estimate of drug-likeness (QED) is 0.706. The molecule has 1 aliphatic rings. The van der Waals surface area contributed by atoms with Crippen molar-refractivity contribution in [3.8, 4) is 17.0 Å². The van der Waals surface area contributed by atoms with Crippen LogP contribution in [0.5, 0.6) is 5.75 Å². The molecule has 0 N–H and O–H groups in total. The Kier molecular flexibility index (Phi) is 3.28. The van der Waals surface area contributed by atoms with Crippen molar-refractivity contribution in [2.24, 2.45) is 0 Å². The average molecular weight is 332 g/mol. The standard InChI is InChI=1S/C16H11Cl2N3O/c17-11-6-12-15-14(9-22-16(12)13(18)7-11)19-20-21(15)8-10-4-2-1-3-5-10/h1-7H,8-9H2. The molecule has 0 spiro atoms. The summed E-state index contributed by atoms with van der Waals surface area (Å²) in [7, 11) is 0. The van der Waals surface area contributed by atoms with Gasteiger partial charge in [-0.2, -0.15) is 0 Å². The lowest BCUT2D eigenvalue weighted by Gasteiger charge is -2.19. The average Bonchev–Trinajstić information content (AvgIpc) is 2.91. The zero-order valence-electron chi connectivity index (χ0n) is 11.5. The second-order valence-corrected chi connectivity index (χ2v) is 5.92. The zero-order chi connectivity index (χ0) is 15.1. The van der Waals surface area contributed by atoms with Crippen molar-refractivity contribution in [1.82, 2.24) is 15.0 Å². The first-order valence-corrected chi connectivity index (χ1v) is 7.56. The predicted molar refractivity (Wildman–Crippen MR) is 85.4 cm³/mol. The summed E-state index contributed by atoms with van der Waals surface area (Å²) in [5.41, 5.74) is 3.69. The highest BCUT2D eigenvalue weighted by atomic mass is 35.5. The van der Waals surface area contributed by atoms with Gasteiger partial charge < -0.3 is 4.74 Å². The summed E-state index contributed by atoms with van der Waals surface area (Å²) in [6.45, 7) is 0.991. The maximum absolute atomic E-state index is 6.23. The normalized spacial score (nSPS) is 12.5. The summed E-state index contributed by atoms with van der Waals surface area (Å²) < 4.78 is 7.55. The van der Waals surface area contributed by atoms with Gasteiger partial charge in [-0.25, -0.2) is 4.68 Å². The molecule has 0 amide bonds. The van der Waals surface area contributed by atoms with Crippen LogP contribution in [0.25, 0.3) is 11.3 Å². The van der Waals surface area contributed by atoms with Crippen LogP contribution in [0.2, 0.25) is 10.0 Å². The van der Waals surface area contributed by atoms with Crippen molar-refractivity contribution < 1.29 is 4.74 Å². The molecule has 2 heterocycles. The van der Waals surface area contributed by atoms with Crippen LogP contribution in [0.3, 0.4) is 0 Å². The lowest BCUT2D eigenvalue weighted by Crippen LogP contribution is -2.10. The smallest absolute Gasteiger partial charge is 0.148 e. The number of aromatic nitrogens is 3. The third-order valence-corrected chi connectivity index (χ3v) is 4.10. The van der Waals surface area contributed by atoms with Crippen LogP contribution in [0.15, 0.2) is 42.5 Å². The van der Waals surface area contributed by atoms with E-state index in [1.54, 1.807) is 6.07 Å². The number of nitrogens with zero attached hydrogens (tertiary/aromatic N) is 3. The maximum atomic E-state index is 6.23. The number of halogens is 2. The summed E-state index contributed by atoms with van der Waals surface area (Å²) in [6, 6.07) is 13.6. The van der Waals surface area contributed by atoms with Gasteiger partial charge in [-0.05, 0) is 17.7 Å². The molecule has 6 heteroatoms. The van der Waals surface area contributed by atoms with Gasteiger partial charge in [0.2, 0.25) is 0 Å². The number of hydrogen-bond acceptors (Lipinski definition) is 3. The molecule has 0 unspecified atom stereocenters. The number of benzene rings is 2. The summed E-state index contributed by atoms with van der Waals surface area (Å²) in [5, 5.41) is 9.53. The van der Waals surface area contributed by atoms with Gasteiger partial charge in [-0.15, -0.1) is 5.10 Å². The first-order chi connectivity index (χ1) is 10.7. The Hall–Kier alpha value is -2.04. The van der Waals surface area contributed by atoms with Crippen molar-refractivity contribution in [3.05, 3.63) is 63.8 Å². The van der Waals surface area contributed by atoms with Crippen molar-refractivity contribution in [2.45, 2.75) is 13.2 Å². The monoisotopic (exact) mass is 331 g/mol. The molecule has 1 aromatic heterocycles. The van der Waals surface area contributed by atoms with E-state index in [1.165, 1.54) is 0 Å². The summed E-state index contributed by atoms with van der Waals surface area (Å²) >= 11 is 12.4. The number of hydrogen-bond donors (Lipinski definition) is 0. The second-order valence-electron chi connectivity index (χ2n) is 5.08. The van der Waals surface area contributed by atoms with E-state index in [2.05, 4.69) is 22.4 Å². The molecule has 0 atom stereocenters. The highest BCUT2D eigenvalue weighted by Gasteiger charge is 2.26. The van der Waals surface area contributed by atoms with Gasteiger partial charge in [0.15, 0.2) is 0 Å². The predicted octanol–water partition coefficient (Wildman–Crippen LogP) is 4.19. The van der Waals surface area contributed by atoms with Crippen molar-refractivity contribution in [1.29, 1.82) is 0 Å². The molecule has 22 heavy (non-hydrogen) atoms. The molecule has 1 aliphatic heterocycles. The van der Waals surface area contributed by atoms with Crippen LogP contribution in [-0.2, 0) is 13.2 Å². The largest absolute Gasteiger partial charge is 0.485 e. The van der Waals surface area contributed by atoms with Crippen molar-refractivity contribution in [2.75, 3.05) is 0 Å². The van der Waals surface area contributed by atoms with E-state index in [0.29, 0.717) is 28.9 Å². The van der Waals surface area contributed by atoms with E-state index in [4.69, 9.17) is 27.9 Å². The number of rotatable bonds is 2. The molecule has 0 fully saturated rings. The summed E-state index contributed by atoms with van der Waals surface area (Å²) in [5.74, 6) is 0.634. The van der Waals surface area contributed by atoms with Gasteiger partial charge in [-0.1, -0.05) is 58.7 Å². The van der Waals surface area contributed by atoms with Crippen LogP contribution in [-0.4, -0.2) is 15.0 Å². The Balaban J connectivity index is 1.84. The van der Waals surface area contributed by atoms with Gasteiger partial charge in [0.05, 0.1) is 17.3 Å². The van der Waals surface area contributed by atoms with Crippen LogP contribution >= 0.6 is 23.2 Å². The highest BCUT2D eigenvalue weighted by Crippen LogP contribution is 2.43. The van der Waals surface area contributed by atoms with E-state index >= 15 is 0 Å². The number of ether oxygens (including phenoxy) is 1. The lowest BCUT2D eigenvalue weighted by molar-refractivity contribution is 0.297. The Morgan fingerprint density at radius 3 is 2.77 bits per heavy atom. The molecule has 0 radical (unpaired) electrons. The minimum Gasteiger partial charge on any atom is -0.485 e. The van der Waals surface area contributed by atoms with E-state index in [-0.39, 0.29) is 0 Å². The third kappa shape index (κ3) is 2.25. The van der Waals surface area contributed by atoms with Crippen LogP contribution < -0.4 is 4.74 Å². The highest BCUT2D eigenvalue weighted by molar-refractivity contribution is 6.36. The molecule has 0 saturated heterocycles. The van der Waals surface area contributed by atoms with Crippen molar-refractivity contribution in [3.63, 3.8) is 0 Å². The summed E-state index contributed by atoms with van der Waals surface area (Å²) in [4.78, 5) is 0. The molecule has 4 rings (SSSR count). The van der Waals surface area contributed by atoms with Crippen LogP contribution in [0.1, 0.15) is 11.3 Å². The van der Waals surface area contributed by atoms with E-state index in [0.717, 1.165) is 22.5 Å². The van der Waals surface area contributed by atoms with E-state index < -0.39 is 0 Å². The van der Waals surface area contributed by atoms with Crippen LogP contribution in [0.4, 0.5) is 0 Å². The Labute approximate surface area is 137 Å². The Morgan fingerprint density at radius 1 is 1.14 bits per heavy atom. The zero-order valence-corrected chi connectivity index (χ0v) is 13.0. The molecule has 3 aromatic rings. The lowest BCUT2D eigenvalue weighted by atomic mass is 10.1. The topological polar surface area (TPSA) is 39.9 Å². The maximum Gasteiger partial charge on any atom is 0.148 e. The Morgan fingerprint density at radius 2 is 1.95 bits per heavy atom. The van der Waals surface area contributed by atoms with Gasteiger partial charge in [0, 0.05) is 10.6 Å². The van der Waals surface area contributed by atoms with Crippen molar-refractivity contribution >= 4 is 23.2 Å². The van der Waals surface area contributed by atoms with Crippen LogP contribution in [0, 0.1) is 0 Å². The second kappa shape index (κ2) is 5.30. The minimum atomic E-state index is 0.360. The van der Waals surface area contributed by atoms with E-state index in [9.17, 15) is 0 Å². The van der Waals surface area contributed by atoms with Gasteiger partial charge in [0.1, 0.15) is 18.1 Å². The molecule has 110 valence electrons. The van der Waals surface area contributed by atoms with Gasteiger partial charge in [-0.3, -0.25) is 0 Å². The molecular formula is C16H11Cl2N3O. The molecular weight excluding hydrogens is 321 g/mol. The molecule has 0 bridgehead atoms. The van der Waals surface area contributed by atoms with E-state index in [1.807, 2.05) is 28.9 Å².